The number of carbonyl (C=O) groups is 3. The molecule has 2 rings (SSSR count). The molecule has 0 aliphatic carbocycles. The van der Waals surface area contributed by atoms with Crippen LogP contribution in [-0.2, 0) is 9.59 Å². The summed E-state index contributed by atoms with van der Waals surface area (Å²) in [5, 5.41) is 0. The quantitative estimate of drug-likeness (QED) is 0.347. The highest BCUT2D eigenvalue weighted by Crippen LogP contribution is 2.19. The number of rotatable bonds is 6. The van der Waals surface area contributed by atoms with Crippen molar-refractivity contribution in [2.75, 3.05) is 0 Å². The molecule has 5 nitrogen and oxygen atoms in total. The number of carbonyl (C=O) groups excluding carboxylic acids is 3. The van der Waals surface area contributed by atoms with Gasteiger partial charge in [0, 0.05) is 23.1 Å². The second-order valence-electron chi connectivity index (χ2n) is 5.38. The minimum absolute atomic E-state index is 0.189. The van der Waals surface area contributed by atoms with E-state index in [9.17, 15) is 14.4 Å². The summed E-state index contributed by atoms with van der Waals surface area (Å²) in [6.45, 7) is 6.77. The molecular formula is C20H18O5. The van der Waals surface area contributed by atoms with Crippen LogP contribution in [0.4, 0.5) is 0 Å². The number of esters is 2. The van der Waals surface area contributed by atoms with Crippen molar-refractivity contribution in [3.8, 4) is 11.5 Å². The molecule has 2 aromatic carbocycles. The van der Waals surface area contributed by atoms with E-state index in [1.165, 1.54) is 0 Å². The zero-order chi connectivity index (χ0) is 18.4. The standard InChI is InChI=1S/C20H18O5/c1-4-18(21)24-16-9-5-14(6-10-16)19(22)15-7-11-17(12-8-15)25-20(23)13(2)3/h5-12H,2,4H2,1,3H3. The lowest BCUT2D eigenvalue weighted by molar-refractivity contribution is -0.134. The molecule has 0 amide bonds. The zero-order valence-corrected chi connectivity index (χ0v) is 14.1. The molecule has 128 valence electrons. The molecule has 0 N–H and O–H groups in total. The Hall–Kier alpha value is -3.21. The average Bonchev–Trinajstić information content (AvgIpc) is 2.62. The topological polar surface area (TPSA) is 69.7 Å². The summed E-state index contributed by atoms with van der Waals surface area (Å²) in [5.74, 6) is -0.307. The van der Waals surface area contributed by atoms with Crippen LogP contribution in [-0.4, -0.2) is 17.7 Å². The van der Waals surface area contributed by atoms with Crippen LogP contribution in [0.5, 0.6) is 11.5 Å². The lowest BCUT2D eigenvalue weighted by Crippen LogP contribution is -2.08. The highest BCUT2D eigenvalue weighted by atomic mass is 16.5. The highest BCUT2D eigenvalue weighted by molar-refractivity contribution is 6.09. The Morgan fingerprint density at radius 1 is 0.840 bits per heavy atom. The maximum Gasteiger partial charge on any atom is 0.338 e. The van der Waals surface area contributed by atoms with Crippen LogP contribution in [0.3, 0.4) is 0 Å². The fourth-order valence-corrected chi connectivity index (χ4v) is 1.91. The third kappa shape index (κ3) is 4.88. The molecule has 25 heavy (non-hydrogen) atoms. The lowest BCUT2D eigenvalue weighted by atomic mass is 10.0. The molecule has 0 bridgehead atoms. The summed E-state index contributed by atoms with van der Waals surface area (Å²) >= 11 is 0. The summed E-state index contributed by atoms with van der Waals surface area (Å²) in [6.07, 6.45) is 0.281. The summed E-state index contributed by atoms with van der Waals surface area (Å²) < 4.78 is 10.2. The van der Waals surface area contributed by atoms with E-state index in [1.54, 1.807) is 62.4 Å². The van der Waals surface area contributed by atoms with Crippen molar-refractivity contribution in [2.45, 2.75) is 20.3 Å². The highest BCUT2D eigenvalue weighted by Gasteiger charge is 2.11. The molecule has 0 saturated carbocycles. The van der Waals surface area contributed by atoms with Gasteiger partial charge in [-0.3, -0.25) is 9.59 Å². The van der Waals surface area contributed by atoms with Gasteiger partial charge in [0.1, 0.15) is 11.5 Å². The first-order chi connectivity index (χ1) is 11.9. The molecule has 2 aromatic rings. The predicted molar refractivity (Wildman–Crippen MR) is 92.7 cm³/mol. The molecule has 0 fully saturated rings. The van der Waals surface area contributed by atoms with E-state index in [0.29, 0.717) is 28.2 Å². The molecule has 0 radical (unpaired) electrons. The number of ketones is 1. The number of ether oxygens (including phenoxy) is 2. The first-order valence-electron chi connectivity index (χ1n) is 7.74. The fraction of sp³-hybridized carbons (Fsp3) is 0.150. The van der Waals surface area contributed by atoms with Gasteiger partial charge in [0.2, 0.25) is 0 Å². The van der Waals surface area contributed by atoms with Crippen molar-refractivity contribution < 1.29 is 23.9 Å². The second kappa shape index (κ2) is 8.06. The van der Waals surface area contributed by atoms with Crippen molar-refractivity contribution in [2.24, 2.45) is 0 Å². The van der Waals surface area contributed by atoms with Gasteiger partial charge in [-0.25, -0.2) is 4.79 Å². The van der Waals surface area contributed by atoms with E-state index < -0.39 is 5.97 Å². The maximum absolute atomic E-state index is 12.4. The molecule has 0 aromatic heterocycles. The first-order valence-corrected chi connectivity index (χ1v) is 7.74. The first kappa shape index (κ1) is 18.1. The molecule has 0 heterocycles. The average molecular weight is 338 g/mol. The van der Waals surface area contributed by atoms with E-state index in [-0.39, 0.29) is 18.2 Å². The van der Waals surface area contributed by atoms with Crippen LogP contribution in [0.2, 0.25) is 0 Å². The third-order valence-corrected chi connectivity index (χ3v) is 3.31. The van der Waals surface area contributed by atoms with Gasteiger partial charge in [-0.2, -0.15) is 0 Å². The summed E-state index contributed by atoms with van der Waals surface area (Å²) in [4.78, 5) is 35.1. The summed E-state index contributed by atoms with van der Waals surface area (Å²) in [6, 6.07) is 12.6. The van der Waals surface area contributed by atoms with Crippen molar-refractivity contribution in [1.82, 2.24) is 0 Å². The number of hydrogen-bond acceptors (Lipinski definition) is 5. The summed E-state index contributed by atoms with van der Waals surface area (Å²) in [7, 11) is 0. The van der Waals surface area contributed by atoms with Gasteiger partial charge in [0.15, 0.2) is 5.78 Å². The van der Waals surface area contributed by atoms with Crippen LogP contribution >= 0.6 is 0 Å². The van der Waals surface area contributed by atoms with Gasteiger partial charge < -0.3 is 9.47 Å². The van der Waals surface area contributed by atoms with Gasteiger partial charge >= 0.3 is 11.9 Å². The van der Waals surface area contributed by atoms with Gasteiger partial charge in [0.25, 0.3) is 0 Å². The van der Waals surface area contributed by atoms with E-state index >= 15 is 0 Å². The Bertz CT molecular complexity index is 801. The van der Waals surface area contributed by atoms with Gasteiger partial charge in [-0.1, -0.05) is 13.5 Å². The molecular weight excluding hydrogens is 320 g/mol. The minimum atomic E-state index is -0.517. The largest absolute Gasteiger partial charge is 0.427 e. The Morgan fingerprint density at radius 3 is 1.68 bits per heavy atom. The van der Waals surface area contributed by atoms with Crippen LogP contribution in [0.15, 0.2) is 60.7 Å². The van der Waals surface area contributed by atoms with Crippen molar-refractivity contribution >= 4 is 17.7 Å². The molecule has 0 saturated heterocycles. The fourth-order valence-electron chi connectivity index (χ4n) is 1.91. The Balaban J connectivity index is 2.08. The smallest absolute Gasteiger partial charge is 0.338 e. The molecule has 0 aliphatic rings. The Morgan fingerprint density at radius 2 is 1.28 bits per heavy atom. The number of benzene rings is 2. The molecule has 0 unspecified atom stereocenters. The number of hydrogen-bond donors (Lipinski definition) is 0. The van der Waals surface area contributed by atoms with Crippen LogP contribution in [0, 0.1) is 0 Å². The van der Waals surface area contributed by atoms with Crippen LogP contribution < -0.4 is 9.47 Å². The normalized spacial score (nSPS) is 10.0. The maximum atomic E-state index is 12.4. The van der Waals surface area contributed by atoms with Crippen molar-refractivity contribution in [3.05, 3.63) is 71.8 Å². The molecule has 0 spiro atoms. The SMILES string of the molecule is C=C(C)C(=O)Oc1ccc(C(=O)c2ccc(OC(=O)CC)cc2)cc1. The molecule has 0 aliphatic heterocycles. The lowest BCUT2D eigenvalue weighted by Gasteiger charge is -2.06. The van der Waals surface area contributed by atoms with Gasteiger partial charge in [-0.15, -0.1) is 0 Å². The predicted octanol–water partition coefficient (Wildman–Crippen LogP) is 3.71. The van der Waals surface area contributed by atoms with E-state index in [2.05, 4.69) is 6.58 Å². The third-order valence-electron chi connectivity index (χ3n) is 3.31. The van der Waals surface area contributed by atoms with Gasteiger partial charge in [-0.05, 0) is 55.5 Å². The zero-order valence-electron chi connectivity index (χ0n) is 14.1. The van der Waals surface area contributed by atoms with Crippen LogP contribution in [0.1, 0.15) is 36.2 Å². The summed E-state index contributed by atoms with van der Waals surface area (Å²) in [5.41, 5.74) is 1.21. The second-order valence-corrected chi connectivity index (χ2v) is 5.38. The van der Waals surface area contributed by atoms with E-state index in [4.69, 9.17) is 9.47 Å². The van der Waals surface area contributed by atoms with Gasteiger partial charge in [0.05, 0.1) is 0 Å². The Kier molecular flexibility index (Phi) is 5.84. The van der Waals surface area contributed by atoms with Crippen molar-refractivity contribution in [1.29, 1.82) is 0 Å². The van der Waals surface area contributed by atoms with E-state index in [0.717, 1.165) is 0 Å². The molecule has 5 heteroatoms. The van der Waals surface area contributed by atoms with Crippen LogP contribution in [0.25, 0.3) is 0 Å². The molecule has 0 atom stereocenters. The minimum Gasteiger partial charge on any atom is -0.427 e. The monoisotopic (exact) mass is 338 g/mol. The van der Waals surface area contributed by atoms with Crippen molar-refractivity contribution in [3.63, 3.8) is 0 Å². The van der Waals surface area contributed by atoms with E-state index in [1.807, 2.05) is 0 Å². The Labute approximate surface area is 145 Å².